The van der Waals surface area contributed by atoms with Crippen molar-refractivity contribution in [2.45, 2.75) is 13.5 Å². The largest absolute Gasteiger partial charge is 0.457 e. The number of hydrogen-bond acceptors (Lipinski definition) is 4. The molecular formula is C15H12O3S. The Morgan fingerprint density at radius 3 is 2.84 bits per heavy atom. The molecule has 0 spiro atoms. The molecule has 0 saturated heterocycles. The molecule has 0 amide bonds. The van der Waals surface area contributed by atoms with Crippen molar-refractivity contribution >= 4 is 28.3 Å². The predicted octanol–water partition coefficient (Wildman–Crippen LogP) is 4.16. The van der Waals surface area contributed by atoms with Crippen LogP contribution in [-0.4, -0.2) is 5.97 Å². The van der Waals surface area contributed by atoms with Crippen LogP contribution in [0.3, 0.4) is 0 Å². The Bertz CT molecular complexity index is 691. The van der Waals surface area contributed by atoms with Crippen LogP contribution in [0.15, 0.2) is 46.9 Å². The van der Waals surface area contributed by atoms with Gasteiger partial charge in [0.1, 0.15) is 22.8 Å². The summed E-state index contributed by atoms with van der Waals surface area (Å²) in [5, 5.41) is 1.01. The van der Waals surface area contributed by atoms with E-state index in [2.05, 4.69) is 0 Å². The maximum Gasteiger partial charge on any atom is 0.348 e. The SMILES string of the molecule is Cc1ccc(C(=O)OCc2cc3ccccc3o2)s1. The minimum atomic E-state index is -0.307. The second-order valence-electron chi connectivity index (χ2n) is 4.24. The highest BCUT2D eigenvalue weighted by Crippen LogP contribution is 2.21. The molecular weight excluding hydrogens is 260 g/mol. The average molecular weight is 272 g/mol. The number of carbonyl (C=O) groups is 1. The summed E-state index contributed by atoms with van der Waals surface area (Å²) in [4.78, 5) is 13.5. The quantitative estimate of drug-likeness (QED) is 0.672. The molecule has 19 heavy (non-hydrogen) atoms. The van der Waals surface area contributed by atoms with E-state index in [0.29, 0.717) is 10.6 Å². The van der Waals surface area contributed by atoms with Gasteiger partial charge < -0.3 is 9.15 Å². The first kappa shape index (κ1) is 12.0. The van der Waals surface area contributed by atoms with E-state index in [1.165, 1.54) is 11.3 Å². The topological polar surface area (TPSA) is 39.4 Å². The minimum Gasteiger partial charge on any atom is -0.457 e. The molecule has 3 nitrogen and oxygen atoms in total. The zero-order valence-corrected chi connectivity index (χ0v) is 11.2. The molecule has 0 fully saturated rings. The standard InChI is InChI=1S/C15H12O3S/c1-10-6-7-14(19-10)15(16)17-9-12-8-11-4-2-3-5-13(11)18-12/h2-8H,9H2,1H3. The Kier molecular flexibility index (Phi) is 3.09. The number of para-hydroxylation sites is 1. The summed E-state index contributed by atoms with van der Waals surface area (Å²) in [6.07, 6.45) is 0. The fourth-order valence-corrected chi connectivity index (χ4v) is 2.62. The van der Waals surface area contributed by atoms with Crippen molar-refractivity contribution in [2.24, 2.45) is 0 Å². The van der Waals surface area contributed by atoms with Gasteiger partial charge in [-0.05, 0) is 31.2 Å². The summed E-state index contributed by atoms with van der Waals surface area (Å²) in [5.74, 6) is 0.349. The van der Waals surface area contributed by atoms with Crippen LogP contribution in [0, 0.1) is 6.92 Å². The Labute approximate surface area is 114 Å². The Hall–Kier alpha value is -2.07. The van der Waals surface area contributed by atoms with E-state index < -0.39 is 0 Å². The monoisotopic (exact) mass is 272 g/mol. The number of esters is 1. The van der Waals surface area contributed by atoms with E-state index >= 15 is 0 Å². The Morgan fingerprint density at radius 2 is 2.11 bits per heavy atom. The van der Waals surface area contributed by atoms with Crippen LogP contribution >= 0.6 is 11.3 Å². The highest BCUT2D eigenvalue weighted by Gasteiger charge is 2.11. The summed E-state index contributed by atoms with van der Waals surface area (Å²) in [5.41, 5.74) is 0.806. The average Bonchev–Trinajstić information content (AvgIpc) is 3.01. The molecule has 1 aromatic carbocycles. The van der Waals surface area contributed by atoms with E-state index in [1.807, 2.05) is 43.3 Å². The summed E-state index contributed by atoms with van der Waals surface area (Å²) in [7, 11) is 0. The van der Waals surface area contributed by atoms with Gasteiger partial charge in [-0.15, -0.1) is 11.3 Å². The molecule has 0 aliphatic carbocycles. The first-order valence-corrected chi connectivity index (χ1v) is 6.75. The Morgan fingerprint density at radius 1 is 1.26 bits per heavy atom. The first-order chi connectivity index (χ1) is 9.22. The number of benzene rings is 1. The van der Waals surface area contributed by atoms with Crippen molar-refractivity contribution in [3.05, 3.63) is 58.0 Å². The minimum absolute atomic E-state index is 0.157. The lowest BCUT2D eigenvalue weighted by molar-refractivity contribution is 0.0453. The van der Waals surface area contributed by atoms with Gasteiger partial charge in [-0.2, -0.15) is 0 Å². The van der Waals surface area contributed by atoms with Gasteiger partial charge in [-0.25, -0.2) is 4.79 Å². The van der Waals surface area contributed by atoms with Crippen molar-refractivity contribution in [3.8, 4) is 0 Å². The zero-order valence-electron chi connectivity index (χ0n) is 10.4. The van der Waals surface area contributed by atoms with Gasteiger partial charge in [-0.1, -0.05) is 18.2 Å². The van der Waals surface area contributed by atoms with Gasteiger partial charge in [0, 0.05) is 10.3 Å². The van der Waals surface area contributed by atoms with Gasteiger partial charge in [-0.3, -0.25) is 0 Å². The lowest BCUT2D eigenvalue weighted by Crippen LogP contribution is -2.02. The highest BCUT2D eigenvalue weighted by molar-refractivity contribution is 7.13. The third-order valence-corrected chi connectivity index (χ3v) is 3.74. The van der Waals surface area contributed by atoms with Gasteiger partial charge in [0.2, 0.25) is 0 Å². The van der Waals surface area contributed by atoms with Gasteiger partial charge in [0.05, 0.1) is 0 Å². The third kappa shape index (κ3) is 2.53. The number of rotatable bonds is 3. The second kappa shape index (κ2) is 4.90. The third-order valence-electron chi connectivity index (χ3n) is 2.76. The Balaban J connectivity index is 1.70. The lowest BCUT2D eigenvalue weighted by atomic mass is 10.2. The molecule has 0 aliphatic heterocycles. The van der Waals surface area contributed by atoms with Crippen LogP contribution in [0.2, 0.25) is 0 Å². The van der Waals surface area contributed by atoms with Crippen LogP contribution < -0.4 is 0 Å². The molecule has 2 heterocycles. The maximum atomic E-state index is 11.8. The number of aryl methyl sites for hydroxylation is 1. The van der Waals surface area contributed by atoms with Gasteiger partial charge in [0.25, 0.3) is 0 Å². The van der Waals surface area contributed by atoms with Crippen LogP contribution in [0.25, 0.3) is 11.0 Å². The smallest absolute Gasteiger partial charge is 0.348 e. The summed E-state index contributed by atoms with van der Waals surface area (Å²) in [6.45, 7) is 2.12. The van der Waals surface area contributed by atoms with Crippen LogP contribution in [0.4, 0.5) is 0 Å². The van der Waals surface area contributed by atoms with E-state index in [9.17, 15) is 4.79 Å². The number of hydrogen-bond donors (Lipinski definition) is 0. The summed E-state index contributed by atoms with van der Waals surface area (Å²) >= 11 is 1.43. The molecule has 2 aromatic heterocycles. The molecule has 4 heteroatoms. The summed E-state index contributed by atoms with van der Waals surface area (Å²) < 4.78 is 10.8. The van der Waals surface area contributed by atoms with Crippen molar-refractivity contribution in [3.63, 3.8) is 0 Å². The predicted molar refractivity (Wildman–Crippen MR) is 74.4 cm³/mol. The van der Waals surface area contributed by atoms with Crippen molar-refractivity contribution in [1.29, 1.82) is 0 Å². The molecule has 0 saturated carbocycles. The lowest BCUT2D eigenvalue weighted by Gasteiger charge is -1.99. The normalized spacial score (nSPS) is 10.8. The summed E-state index contributed by atoms with van der Waals surface area (Å²) in [6, 6.07) is 13.3. The van der Waals surface area contributed by atoms with Crippen molar-refractivity contribution < 1.29 is 13.9 Å². The van der Waals surface area contributed by atoms with E-state index in [0.717, 1.165) is 15.8 Å². The van der Waals surface area contributed by atoms with Crippen LogP contribution in [-0.2, 0) is 11.3 Å². The van der Waals surface area contributed by atoms with Crippen LogP contribution in [0.1, 0.15) is 20.3 Å². The van der Waals surface area contributed by atoms with Crippen LogP contribution in [0.5, 0.6) is 0 Å². The fraction of sp³-hybridized carbons (Fsp3) is 0.133. The van der Waals surface area contributed by atoms with Gasteiger partial charge >= 0.3 is 5.97 Å². The molecule has 0 N–H and O–H groups in total. The first-order valence-electron chi connectivity index (χ1n) is 5.93. The highest BCUT2D eigenvalue weighted by atomic mass is 32.1. The molecule has 96 valence electrons. The molecule has 0 unspecified atom stereocenters. The van der Waals surface area contributed by atoms with E-state index in [4.69, 9.17) is 9.15 Å². The van der Waals surface area contributed by atoms with E-state index in [-0.39, 0.29) is 12.6 Å². The number of furan rings is 1. The number of thiophene rings is 1. The molecule has 3 aromatic rings. The number of ether oxygens (including phenoxy) is 1. The molecule has 0 bridgehead atoms. The van der Waals surface area contributed by atoms with Crippen molar-refractivity contribution in [2.75, 3.05) is 0 Å². The second-order valence-corrected chi connectivity index (χ2v) is 5.52. The zero-order chi connectivity index (χ0) is 13.2. The number of fused-ring (bicyclic) bond motifs is 1. The molecule has 3 rings (SSSR count). The maximum absolute atomic E-state index is 11.8. The molecule has 0 radical (unpaired) electrons. The fourth-order valence-electron chi connectivity index (χ4n) is 1.86. The number of carbonyl (C=O) groups excluding carboxylic acids is 1. The van der Waals surface area contributed by atoms with E-state index in [1.54, 1.807) is 6.07 Å². The molecule has 0 atom stereocenters. The van der Waals surface area contributed by atoms with Crippen molar-refractivity contribution in [1.82, 2.24) is 0 Å². The molecule has 0 aliphatic rings. The van der Waals surface area contributed by atoms with Gasteiger partial charge in [0.15, 0.2) is 0 Å².